The van der Waals surface area contributed by atoms with Gasteiger partial charge in [0.15, 0.2) is 5.75 Å². The average Bonchev–Trinajstić information content (AvgIpc) is 2.55. The van der Waals surface area contributed by atoms with Gasteiger partial charge in [-0.05, 0) is 24.3 Å². The molecule has 1 heterocycles. The first-order valence-electron chi connectivity index (χ1n) is 6.17. The second kappa shape index (κ2) is 6.93. The zero-order valence-electron chi connectivity index (χ0n) is 11.6. The van der Waals surface area contributed by atoms with E-state index in [0.717, 1.165) is 0 Å². The molecule has 1 aromatic heterocycles. The Morgan fingerprint density at radius 2 is 2.09 bits per heavy atom. The molecule has 0 saturated heterocycles. The van der Waals surface area contributed by atoms with Crippen molar-refractivity contribution in [2.75, 3.05) is 7.11 Å². The number of hydrogen-bond donors (Lipinski definition) is 1. The van der Waals surface area contributed by atoms with Crippen molar-refractivity contribution in [1.29, 1.82) is 0 Å². The van der Waals surface area contributed by atoms with E-state index in [1.54, 1.807) is 18.2 Å². The van der Waals surface area contributed by atoms with Crippen LogP contribution >= 0.6 is 0 Å². The van der Waals surface area contributed by atoms with E-state index in [1.807, 2.05) is 0 Å². The lowest BCUT2D eigenvalue weighted by Crippen LogP contribution is -2.17. The van der Waals surface area contributed by atoms with Crippen LogP contribution in [0, 0.1) is 10.1 Å². The van der Waals surface area contributed by atoms with Crippen LogP contribution in [0.4, 0.5) is 5.69 Å². The molecule has 2 rings (SSSR count). The van der Waals surface area contributed by atoms with Crippen LogP contribution in [0.5, 0.6) is 5.75 Å². The van der Waals surface area contributed by atoms with E-state index in [4.69, 9.17) is 4.74 Å². The lowest BCUT2D eigenvalue weighted by molar-refractivity contribution is -0.385. The fourth-order valence-electron chi connectivity index (χ4n) is 1.66. The molecule has 8 nitrogen and oxygen atoms in total. The molecule has 2 aromatic rings. The second-order valence-electron chi connectivity index (χ2n) is 4.12. The van der Waals surface area contributed by atoms with Crippen molar-refractivity contribution in [3.63, 3.8) is 0 Å². The van der Waals surface area contributed by atoms with Gasteiger partial charge in [-0.25, -0.2) is 5.43 Å². The fourth-order valence-corrected chi connectivity index (χ4v) is 1.66. The summed E-state index contributed by atoms with van der Waals surface area (Å²) >= 11 is 0. The predicted octanol–water partition coefficient (Wildman–Crippen LogP) is 1.76. The molecule has 0 aliphatic heterocycles. The Morgan fingerprint density at radius 3 is 2.73 bits per heavy atom. The number of carbonyl (C=O) groups is 1. The van der Waals surface area contributed by atoms with Crippen molar-refractivity contribution in [3.05, 3.63) is 64.0 Å². The number of ether oxygens (including phenoxy) is 1. The smallest absolute Gasteiger partial charge is 0.311 e. The molecule has 0 spiro atoms. The third-order valence-corrected chi connectivity index (χ3v) is 2.72. The third-order valence-electron chi connectivity index (χ3n) is 2.72. The monoisotopic (exact) mass is 300 g/mol. The third kappa shape index (κ3) is 3.63. The van der Waals surface area contributed by atoms with Crippen molar-refractivity contribution in [2.24, 2.45) is 5.10 Å². The van der Waals surface area contributed by atoms with E-state index in [0.29, 0.717) is 11.1 Å². The summed E-state index contributed by atoms with van der Waals surface area (Å²) in [4.78, 5) is 25.9. The van der Waals surface area contributed by atoms with Crippen molar-refractivity contribution in [1.82, 2.24) is 10.4 Å². The fraction of sp³-hybridized carbons (Fsp3) is 0.0714. The molecule has 0 bridgehead atoms. The molecule has 112 valence electrons. The second-order valence-corrected chi connectivity index (χ2v) is 4.12. The molecule has 0 saturated carbocycles. The summed E-state index contributed by atoms with van der Waals surface area (Å²) in [6.07, 6.45) is 4.29. The molecule has 22 heavy (non-hydrogen) atoms. The Bertz CT molecular complexity index is 716. The molecule has 0 atom stereocenters. The highest BCUT2D eigenvalue weighted by atomic mass is 16.6. The summed E-state index contributed by atoms with van der Waals surface area (Å²) in [6, 6.07) is 7.45. The number of nitrogens with zero attached hydrogens (tertiary/aromatic N) is 3. The highest BCUT2D eigenvalue weighted by molar-refractivity contribution is 5.94. The first kappa shape index (κ1) is 15.1. The number of carbonyl (C=O) groups excluding carboxylic acids is 1. The maximum Gasteiger partial charge on any atom is 0.311 e. The topological polar surface area (TPSA) is 107 Å². The number of nitro benzene ring substituents is 1. The number of amides is 1. The molecule has 0 aliphatic carbocycles. The molecular weight excluding hydrogens is 288 g/mol. The van der Waals surface area contributed by atoms with Gasteiger partial charge in [-0.15, -0.1) is 0 Å². The standard InChI is InChI=1S/C14H12N4O4/c1-22-13-3-2-10(8-12(13)18(20)21)9-16-17-14(19)11-4-6-15-7-5-11/h2-9H,1H3,(H,17,19)/b16-9-. The van der Waals surface area contributed by atoms with E-state index in [-0.39, 0.29) is 11.4 Å². The average molecular weight is 300 g/mol. The van der Waals surface area contributed by atoms with Crippen LogP contribution in [0.15, 0.2) is 47.8 Å². The summed E-state index contributed by atoms with van der Waals surface area (Å²) in [5, 5.41) is 14.7. The minimum Gasteiger partial charge on any atom is -0.490 e. The van der Waals surface area contributed by atoms with Gasteiger partial charge >= 0.3 is 5.69 Å². The summed E-state index contributed by atoms with van der Waals surface area (Å²) in [5.74, 6) is -0.246. The number of benzene rings is 1. The minimum absolute atomic E-state index is 0.156. The van der Waals surface area contributed by atoms with Gasteiger partial charge in [-0.3, -0.25) is 19.9 Å². The van der Waals surface area contributed by atoms with Gasteiger partial charge in [-0.1, -0.05) is 0 Å². The lowest BCUT2D eigenvalue weighted by atomic mass is 10.2. The highest BCUT2D eigenvalue weighted by Crippen LogP contribution is 2.26. The largest absolute Gasteiger partial charge is 0.490 e. The number of pyridine rings is 1. The van der Waals surface area contributed by atoms with Crippen molar-refractivity contribution in [3.8, 4) is 5.75 Å². The van der Waals surface area contributed by atoms with Gasteiger partial charge in [-0.2, -0.15) is 5.10 Å². The number of hydrogen-bond acceptors (Lipinski definition) is 6. The van der Waals surface area contributed by atoms with Crippen LogP contribution in [0.1, 0.15) is 15.9 Å². The van der Waals surface area contributed by atoms with Crippen molar-refractivity contribution < 1.29 is 14.5 Å². The number of aromatic nitrogens is 1. The van der Waals surface area contributed by atoms with Crippen LogP contribution in [0.2, 0.25) is 0 Å². The highest BCUT2D eigenvalue weighted by Gasteiger charge is 2.14. The molecule has 8 heteroatoms. The predicted molar refractivity (Wildman–Crippen MR) is 78.9 cm³/mol. The Hall–Kier alpha value is -3.29. The van der Waals surface area contributed by atoms with Crippen molar-refractivity contribution in [2.45, 2.75) is 0 Å². The maximum absolute atomic E-state index is 11.7. The number of nitrogens with one attached hydrogen (secondary N) is 1. The minimum atomic E-state index is -0.550. The van der Waals surface area contributed by atoms with E-state index < -0.39 is 10.8 Å². The van der Waals surface area contributed by atoms with E-state index >= 15 is 0 Å². The van der Waals surface area contributed by atoms with Gasteiger partial charge in [0.25, 0.3) is 5.91 Å². The summed E-state index contributed by atoms with van der Waals surface area (Å²) < 4.78 is 4.90. The molecule has 1 amide bonds. The quantitative estimate of drug-likeness (QED) is 0.514. The number of rotatable bonds is 5. The van der Waals surface area contributed by atoms with Crippen LogP contribution in [0.25, 0.3) is 0 Å². The summed E-state index contributed by atoms with van der Waals surface area (Å²) in [5.41, 5.74) is 3.02. The maximum atomic E-state index is 11.7. The summed E-state index contributed by atoms with van der Waals surface area (Å²) in [7, 11) is 1.35. The van der Waals surface area contributed by atoms with E-state index in [2.05, 4.69) is 15.5 Å². The van der Waals surface area contributed by atoms with Gasteiger partial charge in [0.05, 0.1) is 18.2 Å². The Labute approximate surface area is 125 Å². The number of nitro groups is 1. The number of hydrazone groups is 1. The number of methoxy groups -OCH3 is 1. The van der Waals surface area contributed by atoms with Crippen LogP contribution in [-0.4, -0.2) is 29.1 Å². The molecule has 1 N–H and O–H groups in total. The molecule has 0 fully saturated rings. The van der Waals surface area contributed by atoms with Crippen LogP contribution in [-0.2, 0) is 0 Å². The molecule has 0 unspecified atom stereocenters. The Morgan fingerprint density at radius 1 is 1.36 bits per heavy atom. The van der Waals surface area contributed by atoms with Gasteiger partial charge in [0.2, 0.25) is 0 Å². The first-order chi connectivity index (χ1) is 10.6. The zero-order valence-corrected chi connectivity index (χ0v) is 11.6. The van der Waals surface area contributed by atoms with Gasteiger partial charge in [0.1, 0.15) is 0 Å². The SMILES string of the molecule is COc1ccc(/C=N\NC(=O)c2ccncc2)cc1[N+](=O)[O-]. The molecule has 0 radical (unpaired) electrons. The van der Waals surface area contributed by atoms with E-state index in [9.17, 15) is 14.9 Å². The normalized spacial score (nSPS) is 10.4. The molecule has 0 aliphatic rings. The Kier molecular flexibility index (Phi) is 4.76. The Balaban J connectivity index is 2.09. The van der Waals surface area contributed by atoms with Crippen LogP contribution in [0.3, 0.4) is 0 Å². The van der Waals surface area contributed by atoms with Gasteiger partial charge in [0, 0.05) is 29.6 Å². The van der Waals surface area contributed by atoms with Gasteiger partial charge < -0.3 is 4.74 Å². The van der Waals surface area contributed by atoms with Crippen molar-refractivity contribution >= 4 is 17.8 Å². The van der Waals surface area contributed by atoms with E-state index in [1.165, 1.54) is 37.9 Å². The summed E-state index contributed by atoms with van der Waals surface area (Å²) in [6.45, 7) is 0. The van der Waals surface area contributed by atoms with Crippen LogP contribution < -0.4 is 10.2 Å². The molecule has 1 aromatic carbocycles. The lowest BCUT2D eigenvalue weighted by Gasteiger charge is -2.02. The zero-order chi connectivity index (χ0) is 15.9. The molecular formula is C14H12N4O4. The first-order valence-corrected chi connectivity index (χ1v) is 6.17.